The van der Waals surface area contributed by atoms with Gasteiger partial charge in [0, 0.05) is 11.3 Å². The minimum absolute atomic E-state index is 0.0192. The highest BCUT2D eigenvalue weighted by Crippen LogP contribution is 2.25. The van der Waals surface area contributed by atoms with Crippen LogP contribution in [0.4, 0.5) is 5.82 Å². The number of hydrogen-bond acceptors (Lipinski definition) is 6. The molecule has 2 aromatic rings. The van der Waals surface area contributed by atoms with Crippen molar-refractivity contribution in [2.75, 3.05) is 19.0 Å². The lowest BCUT2D eigenvalue weighted by molar-refractivity contribution is -0.138. The molecule has 25 heavy (non-hydrogen) atoms. The molecule has 0 spiro atoms. The normalized spacial score (nSPS) is 14.4. The molecule has 0 saturated heterocycles. The number of carbonyl (C=O) groups is 2. The predicted octanol–water partition coefficient (Wildman–Crippen LogP) is 2.02. The third-order valence-corrected chi connectivity index (χ3v) is 4.42. The van der Waals surface area contributed by atoms with Gasteiger partial charge in [-0.15, -0.1) is 0 Å². The molecule has 7 nitrogen and oxygen atoms in total. The standard InChI is InChI=1S/C18H22N4O3/c1-25-16(23)11-19-17-13-8-4-5-9-14(13)21-15(22-17)10-20-18(24)12-6-2-3-7-12/h4-5,8-9,12H,2-3,6-7,10-11H2,1H3,(H,20,24)(H,19,21,22). The van der Waals surface area contributed by atoms with Crippen LogP contribution < -0.4 is 10.6 Å². The molecular formula is C18H22N4O3. The van der Waals surface area contributed by atoms with Gasteiger partial charge in [-0.3, -0.25) is 9.59 Å². The maximum Gasteiger partial charge on any atom is 0.325 e. The average Bonchev–Trinajstić information content (AvgIpc) is 3.18. The van der Waals surface area contributed by atoms with E-state index in [1.54, 1.807) is 0 Å². The molecule has 3 rings (SSSR count). The first kappa shape index (κ1) is 17.1. The summed E-state index contributed by atoms with van der Waals surface area (Å²) in [6.07, 6.45) is 4.14. The Hall–Kier alpha value is -2.70. The Morgan fingerprint density at radius 1 is 1.20 bits per heavy atom. The lowest BCUT2D eigenvalue weighted by Crippen LogP contribution is -2.29. The molecule has 0 bridgehead atoms. The summed E-state index contributed by atoms with van der Waals surface area (Å²) in [5, 5.41) is 6.73. The van der Waals surface area contributed by atoms with Gasteiger partial charge in [-0.1, -0.05) is 25.0 Å². The first-order chi connectivity index (χ1) is 12.2. The summed E-state index contributed by atoms with van der Waals surface area (Å²) in [7, 11) is 1.34. The predicted molar refractivity (Wildman–Crippen MR) is 93.8 cm³/mol. The summed E-state index contributed by atoms with van der Waals surface area (Å²) in [6.45, 7) is 0.290. The van der Waals surface area contributed by atoms with Gasteiger partial charge in [0.05, 0.1) is 19.2 Å². The van der Waals surface area contributed by atoms with Crippen LogP contribution in [-0.4, -0.2) is 35.5 Å². The Morgan fingerprint density at radius 2 is 1.96 bits per heavy atom. The molecule has 2 N–H and O–H groups in total. The number of ether oxygens (including phenoxy) is 1. The summed E-state index contributed by atoms with van der Waals surface area (Å²) in [5.74, 6) is 0.869. The van der Waals surface area contributed by atoms with Gasteiger partial charge in [0.2, 0.25) is 5.91 Å². The second-order valence-electron chi connectivity index (χ2n) is 6.13. The van der Waals surface area contributed by atoms with Gasteiger partial charge in [-0.05, 0) is 25.0 Å². The third kappa shape index (κ3) is 4.23. The Labute approximate surface area is 146 Å². The molecule has 1 saturated carbocycles. The fourth-order valence-electron chi connectivity index (χ4n) is 3.07. The van der Waals surface area contributed by atoms with Gasteiger partial charge in [-0.2, -0.15) is 0 Å². The number of amides is 1. The third-order valence-electron chi connectivity index (χ3n) is 4.42. The van der Waals surface area contributed by atoms with Crippen molar-refractivity contribution in [1.82, 2.24) is 15.3 Å². The first-order valence-corrected chi connectivity index (χ1v) is 8.51. The van der Waals surface area contributed by atoms with E-state index >= 15 is 0 Å². The maximum absolute atomic E-state index is 12.2. The zero-order valence-corrected chi connectivity index (χ0v) is 14.2. The molecule has 1 aliphatic carbocycles. The summed E-state index contributed by atoms with van der Waals surface area (Å²) < 4.78 is 4.65. The van der Waals surface area contributed by atoms with Crippen LogP contribution in [0.3, 0.4) is 0 Å². The zero-order chi connectivity index (χ0) is 17.6. The second-order valence-corrected chi connectivity index (χ2v) is 6.13. The molecule has 0 aliphatic heterocycles. The number of methoxy groups -OCH3 is 1. The van der Waals surface area contributed by atoms with Crippen molar-refractivity contribution in [3.8, 4) is 0 Å². The van der Waals surface area contributed by atoms with Crippen molar-refractivity contribution in [2.24, 2.45) is 5.92 Å². The Balaban J connectivity index is 1.75. The smallest absolute Gasteiger partial charge is 0.325 e. The van der Waals surface area contributed by atoms with Crippen LogP contribution in [0.25, 0.3) is 10.9 Å². The van der Waals surface area contributed by atoms with Crippen LogP contribution in [0, 0.1) is 5.92 Å². The van der Waals surface area contributed by atoms with Gasteiger partial charge in [0.15, 0.2) is 5.82 Å². The van der Waals surface area contributed by atoms with Crippen molar-refractivity contribution < 1.29 is 14.3 Å². The van der Waals surface area contributed by atoms with Crippen molar-refractivity contribution in [3.05, 3.63) is 30.1 Å². The highest BCUT2D eigenvalue weighted by molar-refractivity contribution is 5.90. The highest BCUT2D eigenvalue weighted by atomic mass is 16.5. The molecule has 1 aromatic carbocycles. The molecule has 132 valence electrons. The number of fused-ring (bicyclic) bond motifs is 1. The number of carbonyl (C=O) groups excluding carboxylic acids is 2. The van der Waals surface area contributed by atoms with E-state index in [1.807, 2.05) is 24.3 Å². The topological polar surface area (TPSA) is 93.2 Å². The quantitative estimate of drug-likeness (QED) is 0.780. The molecule has 1 aromatic heterocycles. The van der Waals surface area contributed by atoms with Crippen molar-refractivity contribution in [3.63, 3.8) is 0 Å². The SMILES string of the molecule is COC(=O)CNc1nc(CNC(=O)C2CCCC2)nc2ccccc12. The summed E-state index contributed by atoms with van der Waals surface area (Å²) in [5.41, 5.74) is 0.759. The molecule has 1 heterocycles. The van der Waals surface area contributed by atoms with Gasteiger partial charge in [0.25, 0.3) is 0 Å². The van der Waals surface area contributed by atoms with E-state index in [9.17, 15) is 9.59 Å². The lowest BCUT2D eigenvalue weighted by atomic mass is 10.1. The summed E-state index contributed by atoms with van der Waals surface area (Å²) >= 11 is 0. The molecule has 1 fully saturated rings. The van der Waals surface area contributed by atoms with Gasteiger partial charge in [0.1, 0.15) is 12.4 Å². The Bertz CT molecular complexity index is 772. The largest absolute Gasteiger partial charge is 0.468 e. The van der Waals surface area contributed by atoms with Crippen LogP contribution in [0.15, 0.2) is 24.3 Å². The number of para-hydroxylation sites is 1. The molecule has 0 atom stereocenters. The minimum atomic E-state index is -0.376. The monoisotopic (exact) mass is 342 g/mol. The van der Waals surface area contributed by atoms with Gasteiger partial charge in [-0.25, -0.2) is 9.97 Å². The van der Waals surface area contributed by atoms with E-state index in [0.717, 1.165) is 36.6 Å². The number of nitrogens with one attached hydrogen (secondary N) is 2. The molecule has 7 heteroatoms. The van der Waals surface area contributed by atoms with E-state index in [0.29, 0.717) is 11.6 Å². The fraction of sp³-hybridized carbons (Fsp3) is 0.444. The number of esters is 1. The Morgan fingerprint density at radius 3 is 2.72 bits per heavy atom. The molecule has 1 aliphatic rings. The minimum Gasteiger partial charge on any atom is -0.468 e. The maximum atomic E-state index is 12.2. The number of anilines is 1. The van der Waals surface area contributed by atoms with E-state index in [2.05, 4.69) is 25.3 Å². The van der Waals surface area contributed by atoms with Gasteiger partial charge >= 0.3 is 5.97 Å². The van der Waals surface area contributed by atoms with E-state index in [4.69, 9.17) is 0 Å². The van der Waals surface area contributed by atoms with E-state index < -0.39 is 0 Å². The van der Waals surface area contributed by atoms with E-state index in [1.165, 1.54) is 7.11 Å². The van der Waals surface area contributed by atoms with E-state index in [-0.39, 0.29) is 30.9 Å². The van der Waals surface area contributed by atoms with Crippen LogP contribution >= 0.6 is 0 Å². The van der Waals surface area contributed by atoms with Crippen molar-refractivity contribution in [1.29, 1.82) is 0 Å². The fourth-order valence-corrected chi connectivity index (χ4v) is 3.07. The second kappa shape index (κ2) is 7.92. The number of aromatic nitrogens is 2. The lowest BCUT2D eigenvalue weighted by Gasteiger charge is -2.12. The first-order valence-electron chi connectivity index (χ1n) is 8.51. The number of rotatable bonds is 6. The van der Waals surface area contributed by atoms with Crippen LogP contribution in [0.5, 0.6) is 0 Å². The summed E-state index contributed by atoms with van der Waals surface area (Å²) in [6, 6.07) is 7.54. The Kier molecular flexibility index (Phi) is 5.42. The van der Waals surface area contributed by atoms with Crippen molar-refractivity contribution in [2.45, 2.75) is 32.2 Å². The van der Waals surface area contributed by atoms with Crippen LogP contribution in [0.1, 0.15) is 31.5 Å². The molecular weight excluding hydrogens is 320 g/mol. The number of nitrogens with zero attached hydrogens (tertiary/aromatic N) is 2. The van der Waals surface area contributed by atoms with Gasteiger partial charge < -0.3 is 15.4 Å². The zero-order valence-electron chi connectivity index (χ0n) is 14.2. The molecule has 0 radical (unpaired) electrons. The summed E-state index contributed by atoms with van der Waals surface area (Å²) in [4.78, 5) is 32.5. The number of benzene rings is 1. The highest BCUT2D eigenvalue weighted by Gasteiger charge is 2.22. The van der Waals surface area contributed by atoms with Crippen LogP contribution in [0.2, 0.25) is 0 Å². The average molecular weight is 342 g/mol. The van der Waals surface area contributed by atoms with Crippen LogP contribution in [-0.2, 0) is 20.9 Å². The number of hydrogen-bond donors (Lipinski definition) is 2. The molecule has 0 unspecified atom stereocenters. The molecule has 1 amide bonds. The van der Waals surface area contributed by atoms with Crippen molar-refractivity contribution >= 4 is 28.6 Å².